The van der Waals surface area contributed by atoms with Gasteiger partial charge in [0.1, 0.15) is 5.25 Å². The van der Waals surface area contributed by atoms with Crippen LogP contribution < -0.4 is 9.64 Å². The van der Waals surface area contributed by atoms with Crippen molar-refractivity contribution in [2.75, 3.05) is 12.0 Å². The van der Waals surface area contributed by atoms with Crippen molar-refractivity contribution in [1.29, 1.82) is 0 Å². The van der Waals surface area contributed by atoms with Crippen LogP contribution in [0, 0.1) is 9.87 Å². The number of phenols is 1. The van der Waals surface area contributed by atoms with Crippen LogP contribution in [0.4, 0.5) is 5.69 Å². The summed E-state index contributed by atoms with van der Waals surface area (Å²) in [5.74, 6) is -1.19. The fraction of sp³-hybridized carbons (Fsp3) is 0.190. The van der Waals surface area contributed by atoms with Gasteiger partial charge in [-0.05, 0) is 54.2 Å². The number of aromatic hydroxyl groups is 1. The zero-order valence-corrected chi connectivity index (χ0v) is 20.0. The first-order valence-electron chi connectivity index (χ1n) is 9.29. The van der Waals surface area contributed by atoms with Crippen molar-refractivity contribution in [1.82, 2.24) is 4.98 Å². The maximum absolute atomic E-state index is 13.6. The SMILES string of the molecule is COc1ccc([C@@H]2c3sc(=S)[nH]c3S[C@@H]3C(=O)N(c4ccc(Br)cc4)C(=O)[C@@H]23)cc1O. The minimum atomic E-state index is -0.608. The lowest BCUT2D eigenvalue weighted by atomic mass is 9.83. The smallest absolute Gasteiger partial charge is 0.248 e. The number of aromatic amines is 1. The summed E-state index contributed by atoms with van der Waals surface area (Å²) < 4.78 is 6.61. The van der Waals surface area contributed by atoms with Crippen LogP contribution in [0.15, 0.2) is 52.0 Å². The number of rotatable bonds is 3. The molecule has 2 aliphatic heterocycles. The molecule has 3 atom stereocenters. The first-order chi connectivity index (χ1) is 14.9. The predicted octanol–water partition coefficient (Wildman–Crippen LogP) is 5.08. The van der Waals surface area contributed by atoms with Crippen LogP contribution in [0.2, 0.25) is 0 Å². The van der Waals surface area contributed by atoms with Gasteiger partial charge in [0.25, 0.3) is 0 Å². The first kappa shape index (κ1) is 20.7. The van der Waals surface area contributed by atoms with Crippen LogP contribution >= 0.6 is 51.2 Å². The van der Waals surface area contributed by atoms with Gasteiger partial charge >= 0.3 is 0 Å². The van der Waals surface area contributed by atoms with Gasteiger partial charge in [0.2, 0.25) is 11.8 Å². The lowest BCUT2D eigenvalue weighted by Crippen LogP contribution is -2.32. The van der Waals surface area contributed by atoms with E-state index in [-0.39, 0.29) is 17.6 Å². The number of thioether (sulfide) groups is 1. The van der Waals surface area contributed by atoms with Crippen LogP contribution in [0.25, 0.3) is 0 Å². The molecule has 2 aliphatic rings. The molecule has 1 saturated heterocycles. The molecule has 1 fully saturated rings. The van der Waals surface area contributed by atoms with Crippen molar-refractivity contribution in [3.63, 3.8) is 0 Å². The maximum Gasteiger partial charge on any atom is 0.248 e. The largest absolute Gasteiger partial charge is 0.504 e. The number of amides is 2. The highest BCUT2D eigenvalue weighted by molar-refractivity contribution is 9.10. The minimum absolute atomic E-state index is 0.0167. The lowest BCUT2D eigenvalue weighted by Gasteiger charge is -2.30. The maximum atomic E-state index is 13.6. The van der Waals surface area contributed by atoms with Gasteiger partial charge in [0.15, 0.2) is 15.5 Å². The molecule has 2 N–H and O–H groups in total. The molecule has 3 aromatic rings. The monoisotopic (exact) mass is 534 g/mol. The number of aromatic nitrogens is 1. The summed E-state index contributed by atoms with van der Waals surface area (Å²) in [5, 5.41) is 10.6. The van der Waals surface area contributed by atoms with Crippen molar-refractivity contribution < 1.29 is 19.4 Å². The summed E-state index contributed by atoms with van der Waals surface area (Å²) in [6.45, 7) is 0. The van der Waals surface area contributed by atoms with Gasteiger partial charge in [-0.2, -0.15) is 0 Å². The van der Waals surface area contributed by atoms with Crippen LogP contribution in [0.5, 0.6) is 11.5 Å². The number of ether oxygens (including phenoxy) is 1. The second kappa shape index (κ2) is 7.77. The molecule has 1 aromatic heterocycles. The van der Waals surface area contributed by atoms with E-state index in [9.17, 15) is 14.7 Å². The number of methoxy groups -OCH3 is 1. The molecule has 158 valence electrons. The number of halogens is 1. The standard InChI is InChI=1S/C21H15BrN2O4S3/c1-28-13-7-2-9(8-12(13)25)14-15-17(30-18-16(14)31-21(29)23-18)20(27)24(19(15)26)11-5-3-10(22)4-6-11/h2-8,14-15,17,25H,1H3,(H,23,29)/t14-,15-,17-/m0/s1. The number of anilines is 1. The fourth-order valence-corrected chi connectivity index (χ4v) is 7.35. The third-order valence-electron chi connectivity index (χ3n) is 5.47. The minimum Gasteiger partial charge on any atom is -0.504 e. The third kappa shape index (κ3) is 3.32. The molecule has 2 aromatic carbocycles. The number of fused-ring (bicyclic) bond motifs is 2. The van der Waals surface area contributed by atoms with Crippen LogP contribution in [0.3, 0.4) is 0 Å². The molecule has 5 rings (SSSR count). The number of H-pyrrole nitrogens is 1. The Bertz CT molecular complexity index is 1270. The van der Waals surface area contributed by atoms with Gasteiger partial charge in [0, 0.05) is 15.3 Å². The number of nitrogens with zero attached hydrogens (tertiary/aromatic N) is 1. The second-order valence-electron chi connectivity index (χ2n) is 7.17. The lowest BCUT2D eigenvalue weighted by molar-refractivity contribution is -0.122. The Kier molecular flexibility index (Phi) is 5.20. The van der Waals surface area contributed by atoms with E-state index < -0.39 is 17.1 Å². The quantitative estimate of drug-likeness (QED) is 0.360. The summed E-state index contributed by atoms with van der Waals surface area (Å²) in [4.78, 5) is 32.3. The van der Waals surface area contributed by atoms with Crippen molar-refractivity contribution in [3.05, 3.63) is 61.3 Å². The van der Waals surface area contributed by atoms with Gasteiger partial charge in [0.05, 0.1) is 23.7 Å². The normalized spacial score (nSPS) is 22.4. The number of imide groups is 1. The van der Waals surface area contributed by atoms with Gasteiger partial charge in [-0.15, -0.1) is 11.3 Å². The van der Waals surface area contributed by atoms with Crippen molar-refractivity contribution in [2.24, 2.45) is 5.92 Å². The molecular weight excluding hydrogens is 520 g/mol. The summed E-state index contributed by atoms with van der Waals surface area (Å²) in [7, 11) is 1.48. The van der Waals surface area contributed by atoms with E-state index in [4.69, 9.17) is 17.0 Å². The van der Waals surface area contributed by atoms with Gasteiger partial charge in [-0.1, -0.05) is 33.8 Å². The molecule has 31 heavy (non-hydrogen) atoms. The Balaban J connectivity index is 1.65. The number of hydrogen-bond donors (Lipinski definition) is 2. The Morgan fingerprint density at radius 3 is 2.58 bits per heavy atom. The molecule has 3 heterocycles. The van der Waals surface area contributed by atoms with Crippen LogP contribution in [-0.2, 0) is 9.59 Å². The topological polar surface area (TPSA) is 82.6 Å². The molecule has 10 heteroatoms. The number of carbonyl (C=O) groups excluding carboxylic acids is 2. The summed E-state index contributed by atoms with van der Waals surface area (Å²) in [6.07, 6.45) is 0. The first-order valence-corrected chi connectivity index (χ1v) is 12.2. The van der Waals surface area contributed by atoms with E-state index in [0.717, 1.165) is 19.9 Å². The highest BCUT2D eigenvalue weighted by Crippen LogP contribution is 2.54. The Hall–Kier alpha value is -2.14. The number of hydrogen-bond acceptors (Lipinski definition) is 7. The van der Waals surface area contributed by atoms with E-state index >= 15 is 0 Å². The van der Waals surface area contributed by atoms with Crippen LogP contribution in [-0.4, -0.2) is 34.3 Å². The molecule has 0 unspecified atom stereocenters. The number of nitrogens with one attached hydrogen (secondary N) is 1. The van der Waals surface area contributed by atoms with E-state index in [0.29, 0.717) is 15.4 Å². The highest BCUT2D eigenvalue weighted by atomic mass is 79.9. The molecular formula is C21H15BrN2O4S3. The molecule has 0 radical (unpaired) electrons. The fourth-order valence-electron chi connectivity index (χ4n) is 4.12. The predicted molar refractivity (Wildman–Crippen MR) is 126 cm³/mol. The number of carbonyl (C=O) groups is 2. The molecule has 2 amide bonds. The zero-order chi connectivity index (χ0) is 21.9. The van der Waals surface area contributed by atoms with Crippen LogP contribution in [0.1, 0.15) is 16.4 Å². The summed E-state index contributed by atoms with van der Waals surface area (Å²) >= 11 is 11.5. The zero-order valence-electron chi connectivity index (χ0n) is 16.0. The highest BCUT2D eigenvalue weighted by Gasteiger charge is 2.56. The molecule has 0 spiro atoms. The molecule has 0 bridgehead atoms. The Morgan fingerprint density at radius 1 is 1.16 bits per heavy atom. The van der Waals surface area contributed by atoms with E-state index in [1.165, 1.54) is 35.1 Å². The van der Waals surface area contributed by atoms with Crippen molar-refractivity contribution in [3.8, 4) is 11.5 Å². The van der Waals surface area contributed by atoms with E-state index in [1.807, 2.05) is 6.07 Å². The second-order valence-corrected chi connectivity index (χ2v) is 11.0. The number of benzene rings is 2. The Morgan fingerprint density at radius 2 is 1.90 bits per heavy atom. The summed E-state index contributed by atoms with van der Waals surface area (Å²) in [5.41, 5.74) is 1.28. The molecule has 6 nitrogen and oxygen atoms in total. The average Bonchev–Trinajstić information content (AvgIpc) is 3.23. The number of thiazole rings is 1. The molecule has 0 aliphatic carbocycles. The van der Waals surface area contributed by atoms with Crippen molar-refractivity contribution >= 4 is 68.7 Å². The molecule has 0 saturated carbocycles. The number of phenolic OH excluding ortho intramolecular Hbond substituents is 1. The third-order valence-corrected chi connectivity index (χ3v) is 8.75. The average molecular weight is 535 g/mol. The van der Waals surface area contributed by atoms with Gasteiger partial charge < -0.3 is 14.8 Å². The van der Waals surface area contributed by atoms with Crippen molar-refractivity contribution in [2.45, 2.75) is 16.2 Å². The Labute approximate surface area is 199 Å². The van der Waals surface area contributed by atoms with Gasteiger partial charge in [-0.25, -0.2) is 4.90 Å². The van der Waals surface area contributed by atoms with E-state index in [2.05, 4.69) is 20.9 Å². The van der Waals surface area contributed by atoms with E-state index in [1.54, 1.807) is 36.4 Å². The van der Waals surface area contributed by atoms with Gasteiger partial charge in [-0.3, -0.25) is 9.59 Å². The summed E-state index contributed by atoms with van der Waals surface area (Å²) in [6, 6.07) is 12.2.